The third kappa shape index (κ3) is 2.75. The zero-order valence-electron chi connectivity index (χ0n) is 11.3. The molecule has 0 aliphatic carbocycles. The molecule has 0 aliphatic rings. The third-order valence-corrected chi connectivity index (χ3v) is 3.69. The van der Waals surface area contributed by atoms with Gasteiger partial charge in [0.2, 0.25) is 0 Å². The number of carbonyl (C=O) groups is 2. The number of carbonyl (C=O) groups excluding carboxylic acids is 2. The van der Waals surface area contributed by atoms with Crippen molar-refractivity contribution in [1.82, 2.24) is 4.98 Å². The Kier molecular flexibility index (Phi) is 3.71. The highest BCUT2D eigenvalue weighted by Crippen LogP contribution is 2.26. The van der Waals surface area contributed by atoms with Crippen LogP contribution in [0.3, 0.4) is 0 Å². The summed E-state index contributed by atoms with van der Waals surface area (Å²) in [6.45, 7) is 0. The molecule has 0 spiro atoms. The summed E-state index contributed by atoms with van der Waals surface area (Å²) in [7, 11) is 0. The fraction of sp³-hybridized carbons (Fsp3) is 0. The molecule has 110 valence electrons. The van der Waals surface area contributed by atoms with Crippen LogP contribution >= 0.6 is 11.3 Å². The molecule has 0 unspecified atom stereocenters. The van der Waals surface area contributed by atoms with E-state index in [0.29, 0.717) is 5.56 Å². The van der Waals surface area contributed by atoms with Crippen molar-refractivity contribution in [1.29, 1.82) is 0 Å². The number of primary amides is 1. The van der Waals surface area contributed by atoms with Crippen LogP contribution in [0.2, 0.25) is 0 Å². The molecule has 22 heavy (non-hydrogen) atoms. The number of furan rings is 1. The van der Waals surface area contributed by atoms with Crippen LogP contribution in [0.5, 0.6) is 0 Å². The molecule has 3 aromatic rings. The van der Waals surface area contributed by atoms with Crippen molar-refractivity contribution in [2.24, 2.45) is 5.73 Å². The smallest absolute Gasteiger partial charge is 0.293 e. The van der Waals surface area contributed by atoms with Gasteiger partial charge in [-0.05, 0) is 11.6 Å². The number of nitrogens with zero attached hydrogens (tertiary/aromatic N) is 1. The summed E-state index contributed by atoms with van der Waals surface area (Å²) >= 11 is 1.12. The van der Waals surface area contributed by atoms with Crippen molar-refractivity contribution in [2.75, 3.05) is 5.32 Å². The van der Waals surface area contributed by atoms with Crippen molar-refractivity contribution in [3.05, 3.63) is 59.5 Å². The monoisotopic (exact) mass is 313 g/mol. The second kappa shape index (κ2) is 5.82. The number of nitrogens with one attached hydrogen (secondary N) is 1. The van der Waals surface area contributed by atoms with Crippen LogP contribution in [0.4, 0.5) is 5.13 Å². The molecule has 0 aliphatic heterocycles. The zero-order chi connectivity index (χ0) is 15.5. The fourth-order valence-corrected chi connectivity index (χ4v) is 2.62. The SMILES string of the molecule is NC(=O)c1csc(NC(=O)c2occc2-c2ccccc2)n1. The van der Waals surface area contributed by atoms with Gasteiger partial charge in [0.1, 0.15) is 5.69 Å². The normalized spacial score (nSPS) is 10.4. The van der Waals surface area contributed by atoms with Crippen LogP contribution in [0, 0.1) is 0 Å². The second-order valence-corrected chi connectivity index (χ2v) is 5.24. The van der Waals surface area contributed by atoms with Gasteiger partial charge in [0.25, 0.3) is 11.8 Å². The van der Waals surface area contributed by atoms with E-state index in [1.807, 2.05) is 30.3 Å². The quantitative estimate of drug-likeness (QED) is 0.773. The zero-order valence-corrected chi connectivity index (χ0v) is 12.1. The molecule has 0 radical (unpaired) electrons. The molecule has 0 atom stereocenters. The van der Waals surface area contributed by atoms with Gasteiger partial charge >= 0.3 is 0 Å². The maximum absolute atomic E-state index is 12.3. The molecule has 6 nitrogen and oxygen atoms in total. The number of aromatic nitrogens is 1. The van der Waals surface area contributed by atoms with Crippen molar-refractivity contribution < 1.29 is 14.0 Å². The van der Waals surface area contributed by atoms with Gasteiger partial charge in [0.15, 0.2) is 10.9 Å². The lowest BCUT2D eigenvalue weighted by atomic mass is 10.1. The van der Waals surface area contributed by atoms with Crippen molar-refractivity contribution in [2.45, 2.75) is 0 Å². The van der Waals surface area contributed by atoms with Crippen molar-refractivity contribution in [3.8, 4) is 11.1 Å². The lowest BCUT2D eigenvalue weighted by Crippen LogP contribution is -2.14. The minimum absolute atomic E-state index is 0.114. The number of anilines is 1. The Bertz CT molecular complexity index is 823. The second-order valence-electron chi connectivity index (χ2n) is 4.39. The molecular weight excluding hydrogens is 302 g/mol. The van der Waals surface area contributed by atoms with E-state index in [1.165, 1.54) is 11.6 Å². The van der Waals surface area contributed by atoms with Gasteiger partial charge in [-0.3, -0.25) is 14.9 Å². The molecule has 1 aromatic carbocycles. The highest BCUT2D eigenvalue weighted by molar-refractivity contribution is 7.14. The molecule has 7 heteroatoms. The molecule has 0 saturated carbocycles. The first-order valence-electron chi connectivity index (χ1n) is 6.35. The number of rotatable bonds is 4. The van der Waals surface area contributed by atoms with E-state index < -0.39 is 11.8 Å². The first-order chi connectivity index (χ1) is 10.6. The highest BCUT2D eigenvalue weighted by Gasteiger charge is 2.18. The molecular formula is C15H11N3O3S. The number of hydrogen-bond acceptors (Lipinski definition) is 5. The van der Waals surface area contributed by atoms with E-state index in [2.05, 4.69) is 10.3 Å². The summed E-state index contributed by atoms with van der Waals surface area (Å²) < 4.78 is 5.28. The standard InChI is InChI=1S/C15H11N3O3S/c16-13(19)11-8-22-15(17-11)18-14(20)12-10(6-7-21-12)9-4-2-1-3-5-9/h1-8H,(H2,16,19)(H,17,18,20). The average Bonchev–Trinajstić information content (AvgIpc) is 3.17. The lowest BCUT2D eigenvalue weighted by Gasteiger charge is -2.02. The van der Waals surface area contributed by atoms with E-state index in [1.54, 1.807) is 6.07 Å². The maximum atomic E-state index is 12.3. The van der Waals surface area contributed by atoms with E-state index >= 15 is 0 Å². The maximum Gasteiger partial charge on any atom is 0.293 e. The summed E-state index contributed by atoms with van der Waals surface area (Å²) in [6, 6.07) is 11.1. The first kappa shape index (κ1) is 14.0. The van der Waals surface area contributed by atoms with Crippen LogP contribution in [-0.4, -0.2) is 16.8 Å². The summed E-state index contributed by atoms with van der Waals surface area (Å²) in [5.74, 6) is -0.893. The van der Waals surface area contributed by atoms with Gasteiger partial charge in [-0.15, -0.1) is 11.3 Å². The number of benzene rings is 1. The van der Waals surface area contributed by atoms with Gasteiger partial charge in [-0.1, -0.05) is 30.3 Å². The third-order valence-electron chi connectivity index (χ3n) is 2.93. The minimum atomic E-state index is -0.639. The van der Waals surface area contributed by atoms with Crippen LogP contribution in [0.15, 0.2) is 52.5 Å². The predicted octanol–water partition coefficient (Wildman–Crippen LogP) is 2.75. The van der Waals surface area contributed by atoms with Gasteiger partial charge < -0.3 is 10.2 Å². The molecule has 2 aromatic heterocycles. The van der Waals surface area contributed by atoms with E-state index in [-0.39, 0.29) is 16.6 Å². The lowest BCUT2D eigenvalue weighted by molar-refractivity contribution is 0.0986. The predicted molar refractivity (Wildman–Crippen MR) is 82.7 cm³/mol. The summed E-state index contributed by atoms with van der Waals surface area (Å²) in [6.07, 6.45) is 1.45. The summed E-state index contributed by atoms with van der Waals surface area (Å²) in [4.78, 5) is 27.2. The molecule has 2 heterocycles. The molecule has 0 bridgehead atoms. The topological polar surface area (TPSA) is 98.2 Å². The highest BCUT2D eigenvalue weighted by atomic mass is 32.1. The van der Waals surface area contributed by atoms with Gasteiger partial charge in [-0.2, -0.15) is 0 Å². The van der Waals surface area contributed by atoms with Gasteiger partial charge in [-0.25, -0.2) is 4.98 Å². The largest absolute Gasteiger partial charge is 0.459 e. The number of thiazole rings is 1. The summed E-state index contributed by atoms with van der Waals surface area (Å²) in [5.41, 5.74) is 6.80. The number of hydrogen-bond donors (Lipinski definition) is 2. The number of nitrogens with two attached hydrogens (primary N) is 1. The minimum Gasteiger partial charge on any atom is -0.459 e. The Morgan fingerprint density at radius 2 is 1.95 bits per heavy atom. The molecule has 0 fully saturated rings. The van der Waals surface area contributed by atoms with Crippen LogP contribution < -0.4 is 11.1 Å². The Labute approximate surface area is 129 Å². The van der Waals surface area contributed by atoms with E-state index in [0.717, 1.165) is 16.9 Å². The van der Waals surface area contributed by atoms with Crippen molar-refractivity contribution >= 4 is 28.3 Å². The Morgan fingerprint density at radius 1 is 1.18 bits per heavy atom. The molecule has 3 rings (SSSR count). The van der Waals surface area contributed by atoms with Gasteiger partial charge in [0.05, 0.1) is 6.26 Å². The molecule has 3 N–H and O–H groups in total. The van der Waals surface area contributed by atoms with Crippen molar-refractivity contribution in [3.63, 3.8) is 0 Å². The Hall–Kier alpha value is -2.93. The fourth-order valence-electron chi connectivity index (χ4n) is 1.93. The Morgan fingerprint density at radius 3 is 2.64 bits per heavy atom. The van der Waals surface area contributed by atoms with Gasteiger partial charge in [0, 0.05) is 10.9 Å². The van der Waals surface area contributed by atoms with Crippen LogP contribution in [0.1, 0.15) is 21.0 Å². The Balaban J connectivity index is 1.84. The number of amides is 2. The summed E-state index contributed by atoms with van der Waals surface area (Å²) in [5, 5.41) is 4.37. The molecule has 0 saturated heterocycles. The van der Waals surface area contributed by atoms with Crippen LogP contribution in [-0.2, 0) is 0 Å². The average molecular weight is 313 g/mol. The first-order valence-corrected chi connectivity index (χ1v) is 7.22. The van der Waals surface area contributed by atoms with Crippen LogP contribution in [0.25, 0.3) is 11.1 Å². The molecule has 2 amide bonds. The van der Waals surface area contributed by atoms with E-state index in [4.69, 9.17) is 10.2 Å². The van der Waals surface area contributed by atoms with E-state index in [9.17, 15) is 9.59 Å².